The molecule has 0 radical (unpaired) electrons. The van der Waals surface area contributed by atoms with Gasteiger partial charge in [-0.05, 0) is 12.8 Å². The summed E-state index contributed by atoms with van der Waals surface area (Å²) in [6.07, 6.45) is 4.32. The maximum atomic E-state index is 10.5. The van der Waals surface area contributed by atoms with Crippen molar-refractivity contribution in [2.75, 3.05) is 14.2 Å². The van der Waals surface area contributed by atoms with E-state index < -0.39 is 11.7 Å². The average molecular weight is 268 g/mol. The fourth-order valence-corrected chi connectivity index (χ4v) is 2.49. The van der Waals surface area contributed by atoms with Crippen LogP contribution in [0.3, 0.4) is 0 Å². The molecule has 0 bridgehead atoms. The highest BCUT2D eigenvalue weighted by atomic mass is 16.5. The number of nitrogens with zero attached hydrogens (tertiary/aromatic N) is 2. The predicted octanol–water partition coefficient (Wildman–Crippen LogP) is 1.22. The molecule has 1 aliphatic carbocycles. The minimum atomic E-state index is -1.14. The van der Waals surface area contributed by atoms with Gasteiger partial charge in [-0.1, -0.05) is 19.3 Å². The van der Waals surface area contributed by atoms with Gasteiger partial charge in [0.15, 0.2) is 0 Å². The monoisotopic (exact) mass is 268 g/mol. The molecule has 106 valence electrons. The topological polar surface area (TPSA) is 84.7 Å². The Balaban J connectivity index is 2.29. The lowest BCUT2D eigenvalue weighted by Crippen LogP contribution is -2.39. The van der Waals surface area contributed by atoms with E-state index in [2.05, 4.69) is 9.97 Å². The Bertz CT molecular complexity index is 433. The van der Waals surface area contributed by atoms with E-state index in [1.807, 2.05) is 0 Å². The molecule has 1 aromatic rings. The van der Waals surface area contributed by atoms with E-state index in [9.17, 15) is 10.2 Å². The Morgan fingerprint density at radius 3 is 2.47 bits per heavy atom. The molecule has 0 amide bonds. The summed E-state index contributed by atoms with van der Waals surface area (Å²) in [5.41, 5.74) is -0.887. The van der Waals surface area contributed by atoms with E-state index in [-0.39, 0.29) is 11.6 Å². The molecular formula is C13H20N2O4. The second kappa shape index (κ2) is 5.71. The third-order valence-electron chi connectivity index (χ3n) is 3.63. The second-order valence-electron chi connectivity index (χ2n) is 4.87. The number of hydrogen-bond acceptors (Lipinski definition) is 6. The lowest BCUT2D eigenvalue weighted by atomic mass is 9.79. The number of methoxy groups -OCH3 is 2. The minimum absolute atomic E-state index is 0.186. The van der Waals surface area contributed by atoms with Gasteiger partial charge in [0.2, 0.25) is 11.8 Å². The van der Waals surface area contributed by atoms with Crippen LogP contribution in [0.25, 0.3) is 0 Å². The van der Waals surface area contributed by atoms with Crippen molar-refractivity contribution >= 4 is 0 Å². The fraction of sp³-hybridized carbons (Fsp3) is 0.692. The highest BCUT2D eigenvalue weighted by Gasteiger charge is 2.40. The Hall–Kier alpha value is -1.40. The van der Waals surface area contributed by atoms with Crippen molar-refractivity contribution in [1.82, 2.24) is 9.97 Å². The van der Waals surface area contributed by atoms with Gasteiger partial charge >= 0.3 is 0 Å². The van der Waals surface area contributed by atoms with Crippen molar-refractivity contribution in [2.45, 2.75) is 43.8 Å². The molecule has 1 fully saturated rings. The zero-order chi connectivity index (χ0) is 13.9. The van der Waals surface area contributed by atoms with Gasteiger partial charge in [-0.2, -0.15) is 4.98 Å². The smallest absolute Gasteiger partial charge is 0.241 e. The van der Waals surface area contributed by atoms with Crippen LogP contribution in [0.4, 0.5) is 0 Å². The normalized spacial score (nSPS) is 19.8. The van der Waals surface area contributed by atoms with Crippen LogP contribution in [0.5, 0.6) is 11.8 Å². The maximum Gasteiger partial charge on any atom is 0.241 e. The van der Waals surface area contributed by atoms with E-state index in [0.717, 1.165) is 19.3 Å². The largest absolute Gasteiger partial charge is 0.480 e. The molecule has 0 spiro atoms. The molecule has 1 heterocycles. The average Bonchev–Trinajstić information content (AvgIpc) is 2.46. The zero-order valence-corrected chi connectivity index (χ0v) is 11.3. The summed E-state index contributed by atoms with van der Waals surface area (Å²) in [6, 6.07) is 0. The van der Waals surface area contributed by atoms with Crippen LogP contribution in [0.2, 0.25) is 0 Å². The standard InChI is InChI=1S/C13H20N2O4/c1-18-9-8-14-10(12(15-9)19-2)11(16)13(17)6-4-3-5-7-13/h8,11,16-17H,3-7H2,1-2H3. The summed E-state index contributed by atoms with van der Waals surface area (Å²) in [5, 5.41) is 20.9. The molecule has 0 aromatic carbocycles. The summed E-state index contributed by atoms with van der Waals surface area (Å²) in [6.45, 7) is 0. The lowest BCUT2D eigenvalue weighted by molar-refractivity contribution is -0.102. The van der Waals surface area contributed by atoms with Gasteiger partial charge in [-0.25, -0.2) is 4.98 Å². The van der Waals surface area contributed by atoms with Crippen LogP contribution in [0, 0.1) is 0 Å². The SMILES string of the molecule is COc1cnc(C(O)C2(O)CCCCC2)c(OC)n1. The van der Waals surface area contributed by atoms with Crippen LogP contribution in [0.15, 0.2) is 6.20 Å². The van der Waals surface area contributed by atoms with E-state index in [0.29, 0.717) is 18.7 Å². The molecule has 19 heavy (non-hydrogen) atoms. The first-order valence-electron chi connectivity index (χ1n) is 6.46. The van der Waals surface area contributed by atoms with Crippen LogP contribution in [0.1, 0.15) is 43.9 Å². The molecule has 2 N–H and O–H groups in total. The van der Waals surface area contributed by atoms with Crippen LogP contribution in [-0.2, 0) is 0 Å². The summed E-state index contributed by atoms with van der Waals surface area (Å²) < 4.78 is 10.1. The molecule has 1 aromatic heterocycles. The Morgan fingerprint density at radius 1 is 1.21 bits per heavy atom. The first kappa shape index (κ1) is 14.0. The van der Waals surface area contributed by atoms with Crippen molar-refractivity contribution in [3.63, 3.8) is 0 Å². The van der Waals surface area contributed by atoms with Gasteiger partial charge in [0.25, 0.3) is 0 Å². The van der Waals surface area contributed by atoms with Gasteiger partial charge in [-0.15, -0.1) is 0 Å². The van der Waals surface area contributed by atoms with Crippen molar-refractivity contribution in [3.8, 4) is 11.8 Å². The summed E-state index contributed by atoms with van der Waals surface area (Å²) >= 11 is 0. The summed E-state index contributed by atoms with van der Waals surface area (Å²) in [4.78, 5) is 8.20. The van der Waals surface area contributed by atoms with Gasteiger partial charge in [-0.3, -0.25) is 0 Å². The highest BCUT2D eigenvalue weighted by Crippen LogP contribution is 2.40. The number of rotatable bonds is 4. The summed E-state index contributed by atoms with van der Waals surface area (Å²) in [7, 11) is 2.93. The molecule has 1 unspecified atom stereocenters. The van der Waals surface area contributed by atoms with Crippen molar-refractivity contribution < 1.29 is 19.7 Å². The maximum absolute atomic E-state index is 10.5. The van der Waals surface area contributed by atoms with E-state index >= 15 is 0 Å². The van der Waals surface area contributed by atoms with Crippen LogP contribution >= 0.6 is 0 Å². The number of ether oxygens (including phenoxy) is 2. The molecular weight excluding hydrogens is 248 g/mol. The summed E-state index contributed by atoms with van der Waals surface area (Å²) in [5.74, 6) is 0.495. The van der Waals surface area contributed by atoms with Crippen molar-refractivity contribution in [1.29, 1.82) is 0 Å². The fourth-order valence-electron chi connectivity index (χ4n) is 2.49. The van der Waals surface area contributed by atoms with Gasteiger partial charge in [0.05, 0.1) is 26.0 Å². The van der Waals surface area contributed by atoms with Crippen LogP contribution in [-0.4, -0.2) is 40.0 Å². The lowest BCUT2D eigenvalue weighted by Gasteiger charge is -2.36. The van der Waals surface area contributed by atoms with Crippen molar-refractivity contribution in [2.24, 2.45) is 0 Å². The third-order valence-corrected chi connectivity index (χ3v) is 3.63. The van der Waals surface area contributed by atoms with Gasteiger partial charge in [0.1, 0.15) is 11.8 Å². The third kappa shape index (κ3) is 2.79. The Kier molecular flexibility index (Phi) is 4.21. The molecule has 6 heteroatoms. The van der Waals surface area contributed by atoms with Gasteiger partial charge < -0.3 is 19.7 Å². The highest BCUT2D eigenvalue weighted by molar-refractivity contribution is 5.26. The van der Waals surface area contributed by atoms with E-state index in [1.165, 1.54) is 20.4 Å². The molecule has 1 atom stereocenters. The predicted molar refractivity (Wildman–Crippen MR) is 68.1 cm³/mol. The Labute approximate surface area is 112 Å². The number of aromatic nitrogens is 2. The molecule has 0 aliphatic heterocycles. The van der Waals surface area contributed by atoms with E-state index in [1.54, 1.807) is 0 Å². The molecule has 1 saturated carbocycles. The second-order valence-corrected chi connectivity index (χ2v) is 4.87. The van der Waals surface area contributed by atoms with Gasteiger partial charge in [0, 0.05) is 0 Å². The molecule has 2 rings (SSSR count). The number of aliphatic hydroxyl groups is 2. The van der Waals surface area contributed by atoms with Crippen molar-refractivity contribution in [3.05, 3.63) is 11.9 Å². The zero-order valence-electron chi connectivity index (χ0n) is 11.3. The Morgan fingerprint density at radius 2 is 1.89 bits per heavy atom. The quantitative estimate of drug-likeness (QED) is 0.854. The first-order valence-corrected chi connectivity index (χ1v) is 6.46. The molecule has 1 aliphatic rings. The number of hydrogen-bond donors (Lipinski definition) is 2. The minimum Gasteiger partial charge on any atom is -0.480 e. The molecule has 6 nitrogen and oxygen atoms in total. The van der Waals surface area contributed by atoms with Crippen LogP contribution < -0.4 is 9.47 Å². The molecule has 0 saturated heterocycles. The number of aliphatic hydroxyl groups excluding tert-OH is 1. The first-order chi connectivity index (χ1) is 9.10. The van der Waals surface area contributed by atoms with E-state index in [4.69, 9.17) is 9.47 Å².